The van der Waals surface area contributed by atoms with Crippen molar-refractivity contribution in [2.75, 3.05) is 0 Å². The highest BCUT2D eigenvalue weighted by molar-refractivity contribution is 4.95. The molecule has 62 valence electrons. The maximum Gasteiger partial charge on any atom is 0.111 e. The molecule has 1 aromatic rings. The zero-order valence-corrected chi connectivity index (χ0v) is 6.86. The SMILES string of the molecule is CCC(O)c1cnn(CC)n1. The molecular formula is C7H13N3O. The van der Waals surface area contributed by atoms with E-state index in [0.717, 1.165) is 6.54 Å². The number of hydrogen-bond acceptors (Lipinski definition) is 3. The zero-order valence-electron chi connectivity index (χ0n) is 6.86. The quantitative estimate of drug-likeness (QED) is 0.700. The Morgan fingerprint density at radius 2 is 2.36 bits per heavy atom. The van der Waals surface area contributed by atoms with Crippen LogP contribution in [0.25, 0.3) is 0 Å². The number of aromatic nitrogens is 3. The predicted molar refractivity (Wildman–Crippen MR) is 40.9 cm³/mol. The Morgan fingerprint density at radius 3 is 2.82 bits per heavy atom. The molecule has 0 aliphatic heterocycles. The van der Waals surface area contributed by atoms with E-state index in [0.29, 0.717) is 12.1 Å². The highest BCUT2D eigenvalue weighted by Crippen LogP contribution is 2.10. The number of aryl methyl sites for hydroxylation is 1. The largest absolute Gasteiger partial charge is 0.387 e. The summed E-state index contributed by atoms with van der Waals surface area (Å²) in [5.41, 5.74) is 0.661. The highest BCUT2D eigenvalue weighted by Gasteiger charge is 2.07. The highest BCUT2D eigenvalue weighted by atomic mass is 16.3. The van der Waals surface area contributed by atoms with Crippen LogP contribution in [0.15, 0.2) is 6.20 Å². The van der Waals surface area contributed by atoms with E-state index in [1.54, 1.807) is 11.0 Å². The second kappa shape index (κ2) is 3.48. The third-order valence-electron chi connectivity index (χ3n) is 1.57. The number of rotatable bonds is 3. The van der Waals surface area contributed by atoms with Gasteiger partial charge in [0.2, 0.25) is 0 Å². The van der Waals surface area contributed by atoms with Gasteiger partial charge in [0.15, 0.2) is 0 Å². The van der Waals surface area contributed by atoms with E-state index in [4.69, 9.17) is 0 Å². The summed E-state index contributed by atoms with van der Waals surface area (Å²) in [6, 6.07) is 0. The first-order valence-corrected chi connectivity index (χ1v) is 3.86. The van der Waals surface area contributed by atoms with Gasteiger partial charge in [0, 0.05) is 0 Å². The summed E-state index contributed by atoms with van der Waals surface area (Å²) < 4.78 is 0. The van der Waals surface area contributed by atoms with E-state index in [-0.39, 0.29) is 0 Å². The number of aliphatic hydroxyl groups excluding tert-OH is 1. The molecule has 0 saturated carbocycles. The van der Waals surface area contributed by atoms with Gasteiger partial charge < -0.3 is 5.11 Å². The Bertz CT molecular complexity index is 221. The van der Waals surface area contributed by atoms with E-state index in [1.165, 1.54) is 0 Å². The standard InChI is InChI=1S/C7H13N3O/c1-3-7(11)6-5-8-10(4-2)9-6/h5,7,11H,3-4H2,1-2H3. The van der Waals surface area contributed by atoms with Gasteiger partial charge in [0.25, 0.3) is 0 Å². The molecule has 1 atom stereocenters. The molecule has 1 N–H and O–H groups in total. The van der Waals surface area contributed by atoms with Gasteiger partial charge in [-0.1, -0.05) is 6.92 Å². The summed E-state index contributed by atoms with van der Waals surface area (Å²) in [4.78, 5) is 1.56. The van der Waals surface area contributed by atoms with Crippen molar-refractivity contribution in [3.05, 3.63) is 11.9 Å². The molecule has 4 nitrogen and oxygen atoms in total. The summed E-state index contributed by atoms with van der Waals surface area (Å²) in [6.45, 7) is 4.62. The lowest BCUT2D eigenvalue weighted by molar-refractivity contribution is 0.168. The first kappa shape index (κ1) is 8.20. The molecule has 0 radical (unpaired) electrons. The fourth-order valence-corrected chi connectivity index (χ4v) is 0.825. The molecule has 1 rings (SSSR count). The Morgan fingerprint density at radius 1 is 1.64 bits per heavy atom. The molecule has 11 heavy (non-hydrogen) atoms. The van der Waals surface area contributed by atoms with Crippen molar-refractivity contribution < 1.29 is 5.11 Å². The molecule has 0 spiro atoms. The van der Waals surface area contributed by atoms with Gasteiger partial charge in [-0.15, -0.1) is 0 Å². The first-order chi connectivity index (χ1) is 5.27. The summed E-state index contributed by atoms with van der Waals surface area (Å²) in [5.74, 6) is 0. The molecule has 0 fully saturated rings. The summed E-state index contributed by atoms with van der Waals surface area (Å²) in [7, 11) is 0. The molecule has 0 aliphatic rings. The van der Waals surface area contributed by atoms with Crippen molar-refractivity contribution in [2.24, 2.45) is 0 Å². The van der Waals surface area contributed by atoms with Crippen LogP contribution in [0.3, 0.4) is 0 Å². The van der Waals surface area contributed by atoms with E-state index in [2.05, 4.69) is 10.2 Å². The molecule has 1 unspecified atom stereocenters. The summed E-state index contributed by atoms with van der Waals surface area (Å²) >= 11 is 0. The van der Waals surface area contributed by atoms with Gasteiger partial charge >= 0.3 is 0 Å². The molecule has 1 aromatic heterocycles. The van der Waals surface area contributed by atoms with Crippen LogP contribution >= 0.6 is 0 Å². The second-order valence-electron chi connectivity index (χ2n) is 2.38. The Labute approximate surface area is 65.8 Å². The number of hydrogen-bond donors (Lipinski definition) is 1. The van der Waals surface area contributed by atoms with Crippen LogP contribution in [-0.2, 0) is 6.54 Å². The third kappa shape index (κ3) is 1.77. The van der Waals surface area contributed by atoms with Crippen LogP contribution < -0.4 is 0 Å². The first-order valence-electron chi connectivity index (χ1n) is 3.86. The van der Waals surface area contributed by atoms with Crippen LogP contribution in [-0.4, -0.2) is 20.1 Å². The van der Waals surface area contributed by atoms with E-state index >= 15 is 0 Å². The Balaban J connectivity index is 2.71. The molecule has 4 heteroatoms. The van der Waals surface area contributed by atoms with Crippen molar-refractivity contribution in [1.82, 2.24) is 15.0 Å². The predicted octanol–water partition coefficient (Wildman–Crippen LogP) is 0.741. The van der Waals surface area contributed by atoms with Crippen molar-refractivity contribution in [2.45, 2.75) is 32.9 Å². The number of nitrogens with zero attached hydrogens (tertiary/aromatic N) is 3. The minimum absolute atomic E-state index is 0.463. The minimum atomic E-state index is -0.463. The van der Waals surface area contributed by atoms with Crippen LogP contribution in [0, 0.1) is 0 Å². The Kier molecular flexibility index (Phi) is 2.59. The van der Waals surface area contributed by atoms with E-state index in [9.17, 15) is 5.11 Å². The van der Waals surface area contributed by atoms with Crippen LogP contribution in [0.4, 0.5) is 0 Å². The molecule has 0 amide bonds. The molecular weight excluding hydrogens is 142 g/mol. The van der Waals surface area contributed by atoms with Crippen LogP contribution in [0.1, 0.15) is 32.1 Å². The monoisotopic (exact) mass is 155 g/mol. The number of aliphatic hydroxyl groups is 1. The molecule has 0 saturated heterocycles. The lowest BCUT2D eigenvalue weighted by Gasteiger charge is -2.00. The lowest BCUT2D eigenvalue weighted by Crippen LogP contribution is -2.01. The van der Waals surface area contributed by atoms with Gasteiger partial charge in [-0.3, -0.25) is 0 Å². The van der Waals surface area contributed by atoms with Gasteiger partial charge in [0.05, 0.1) is 18.8 Å². The van der Waals surface area contributed by atoms with Gasteiger partial charge in [-0.2, -0.15) is 15.0 Å². The van der Waals surface area contributed by atoms with Crippen molar-refractivity contribution in [3.8, 4) is 0 Å². The van der Waals surface area contributed by atoms with Gasteiger partial charge in [0.1, 0.15) is 5.69 Å². The van der Waals surface area contributed by atoms with E-state index < -0.39 is 6.10 Å². The van der Waals surface area contributed by atoms with Gasteiger partial charge in [-0.25, -0.2) is 0 Å². The van der Waals surface area contributed by atoms with Crippen LogP contribution in [0.2, 0.25) is 0 Å². The molecule has 1 heterocycles. The second-order valence-corrected chi connectivity index (χ2v) is 2.38. The fraction of sp³-hybridized carbons (Fsp3) is 0.714. The zero-order chi connectivity index (χ0) is 8.27. The lowest BCUT2D eigenvalue weighted by atomic mass is 10.2. The molecule has 0 bridgehead atoms. The van der Waals surface area contributed by atoms with Crippen LogP contribution in [0.5, 0.6) is 0 Å². The van der Waals surface area contributed by atoms with Crippen molar-refractivity contribution in [3.63, 3.8) is 0 Å². The average Bonchev–Trinajstić information content (AvgIpc) is 2.50. The smallest absolute Gasteiger partial charge is 0.111 e. The maximum absolute atomic E-state index is 9.32. The fourth-order valence-electron chi connectivity index (χ4n) is 0.825. The van der Waals surface area contributed by atoms with Crippen molar-refractivity contribution >= 4 is 0 Å². The summed E-state index contributed by atoms with van der Waals surface area (Å²) in [6.07, 6.45) is 1.83. The van der Waals surface area contributed by atoms with E-state index in [1.807, 2.05) is 13.8 Å². The Hall–Kier alpha value is -0.900. The third-order valence-corrected chi connectivity index (χ3v) is 1.57. The topological polar surface area (TPSA) is 50.9 Å². The normalized spacial score (nSPS) is 13.4. The average molecular weight is 155 g/mol. The molecule has 0 aliphatic carbocycles. The maximum atomic E-state index is 9.32. The molecule has 0 aromatic carbocycles. The van der Waals surface area contributed by atoms with Crippen molar-refractivity contribution in [1.29, 1.82) is 0 Å². The minimum Gasteiger partial charge on any atom is -0.387 e. The summed E-state index contributed by atoms with van der Waals surface area (Å²) in [5, 5.41) is 17.3. The van der Waals surface area contributed by atoms with Gasteiger partial charge in [-0.05, 0) is 13.3 Å².